The zero-order valence-corrected chi connectivity index (χ0v) is 16.9. The van der Waals surface area contributed by atoms with Crippen LogP contribution in [0.2, 0.25) is 0 Å². The summed E-state index contributed by atoms with van der Waals surface area (Å²) in [6.45, 7) is 0.578. The molecule has 1 heterocycles. The van der Waals surface area contributed by atoms with Crippen molar-refractivity contribution < 1.29 is 17.6 Å². The Labute approximate surface area is 171 Å². The van der Waals surface area contributed by atoms with E-state index >= 15 is 0 Å². The molecule has 1 saturated heterocycles. The third-order valence-corrected chi connectivity index (χ3v) is 7.74. The minimum Gasteiger partial charge on any atom is -0.349 e. The van der Waals surface area contributed by atoms with Crippen molar-refractivity contribution in [3.8, 4) is 0 Å². The number of benzene rings is 2. The number of nitrogens with one attached hydrogen (secondary N) is 1. The number of carbonyl (C=O) groups is 1. The van der Waals surface area contributed by atoms with Gasteiger partial charge in [0.1, 0.15) is 5.82 Å². The monoisotopic (exact) mass is 416 g/mol. The number of hydrogen-bond acceptors (Lipinski definition) is 3. The van der Waals surface area contributed by atoms with Crippen LogP contribution >= 0.6 is 0 Å². The quantitative estimate of drug-likeness (QED) is 0.784. The van der Waals surface area contributed by atoms with Gasteiger partial charge in [0.05, 0.1) is 10.9 Å². The van der Waals surface area contributed by atoms with Crippen molar-refractivity contribution in [3.05, 3.63) is 66.0 Å². The zero-order chi connectivity index (χ0) is 20.4. The van der Waals surface area contributed by atoms with Crippen molar-refractivity contribution >= 4 is 15.9 Å². The van der Waals surface area contributed by atoms with Crippen LogP contribution in [0.5, 0.6) is 0 Å². The number of hydrogen-bond donors (Lipinski definition) is 1. The van der Waals surface area contributed by atoms with Gasteiger partial charge in [-0.1, -0.05) is 30.3 Å². The fourth-order valence-electron chi connectivity index (χ4n) is 3.95. The average Bonchev–Trinajstić information content (AvgIpc) is 3.58. The number of sulfonamides is 1. The summed E-state index contributed by atoms with van der Waals surface area (Å²) >= 11 is 0. The van der Waals surface area contributed by atoms with E-state index in [2.05, 4.69) is 5.32 Å². The third-order valence-electron chi connectivity index (χ3n) is 5.83. The van der Waals surface area contributed by atoms with Crippen LogP contribution in [0.3, 0.4) is 0 Å². The maximum absolute atomic E-state index is 13.1. The fraction of sp³-hybridized carbons (Fsp3) is 0.409. The van der Waals surface area contributed by atoms with E-state index in [1.54, 1.807) is 0 Å². The van der Waals surface area contributed by atoms with Gasteiger partial charge in [-0.3, -0.25) is 4.79 Å². The van der Waals surface area contributed by atoms with Crippen LogP contribution in [0, 0.1) is 17.7 Å². The second-order valence-electron chi connectivity index (χ2n) is 7.87. The van der Waals surface area contributed by atoms with Crippen LogP contribution in [0.25, 0.3) is 0 Å². The highest BCUT2D eigenvalue weighted by Crippen LogP contribution is 2.41. The molecule has 1 saturated carbocycles. The number of piperidine rings is 1. The lowest BCUT2D eigenvalue weighted by atomic mass is 9.95. The van der Waals surface area contributed by atoms with E-state index in [1.165, 1.54) is 16.4 Å². The molecule has 4 rings (SSSR count). The summed E-state index contributed by atoms with van der Waals surface area (Å²) in [6.07, 6.45) is 3.21. The molecule has 29 heavy (non-hydrogen) atoms. The van der Waals surface area contributed by atoms with Gasteiger partial charge in [-0.15, -0.1) is 0 Å². The summed E-state index contributed by atoms with van der Waals surface area (Å²) in [7, 11) is -3.66. The molecular formula is C22H25FN2O3S. The Balaban J connectivity index is 1.37. The normalized spacial score (nSPS) is 19.6. The molecule has 2 aromatic rings. The Morgan fingerprint density at radius 1 is 0.966 bits per heavy atom. The van der Waals surface area contributed by atoms with Gasteiger partial charge >= 0.3 is 0 Å². The molecule has 0 spiro atoms. The van der Waals surface area contributed by atoms with E-state index in [-0.39, 0.29) is 35.9 Å². The first-order valence-electron chi connectivity index (χ1n) is 10.1. The van der Waals surface area contributed by atoms with Crippen molar-refractivity contribution in [3.63, 3.8) is 0 Å². The highest BCUT2D eigenvalue weighted by atomic mass is 32.2. The molecule has 0 unspecified atom stereocenters. The van der Waals surface area contributed by atoms with Gasteiger partial charge in [0.25, 0.3) is 0 Å². The molecule has 2 fully saturated rings. The van der Waals surface area contributed by atoms with Crippen molar-refractivity contribution in [1.29, 1.82) is 0 Å². The van der Waals surface area contributed by atoms with Crippen LogP contribution in [-0.2, 0) is 14.8 Å². The van der Waals surface area contributed by atoms with E-state index in [1.807, 2.05) is 30.3 Å². The lowest BCUT2D eigenvalue weighted by molar-refractivity contribution is -0.127. The maximum atomic E-state index is 13.1. The smallest absolute Gasteiger partial charge is 0.243 e. The summed E-state index contributed by atoms with van der Waals surface area (Å²) in [5.41, 5.74) is 1.12. The summed E-state index contributed by atoms with van der Waals surface area (Å²) in [4.78, 5) is 12.9. The second kappa shape index (κ2) is 8.24. The third kappa shape index (κ3) is 4.51. The minimum atomic E-state index is -3.66. The predicted octanol–water partition coefficient (Wildman–Crippen LogP) is 3.49. The average molecular weight is 417 g/mol. The molecule has 1 aliphatic carbocycles. The SMILES string of the molecule is O=C(N[C@H](c1ccccc1)C1CC1)C1CCN(S(=O)(=O)c2ccc(F)cc2)CC1. The van der Waals surface area contributed by atoms with E-state index in [4.69, 9.17) is 0 Å². The van der Waals surface area contributed by atoms with Crippen molar-refractivity contribution in [2.75, 3.05) is 13.1 Å². The standard InChI is InChI=1S/C22H25FN2O3S/c23-19-8-10-20(11-9-19)29(27,28)25-14-12-18(13-15-25)22(26)24-21(17-6-7-17)16-4-2-1-3-5-16/h1-5,8-11,17-18,21H,6-7,12-15H2,(H,24,26)/t21-/m1/s1. The molecule has 1 aliphatic heterocycles. The summed E-state index contributed by atoms with van der Waals surface area (Å²) in [5, 5.41) is 3.21. The molecule has 0 aromatic heterocycles. The first-order chi connectivity index (χ1) is 13.9. The van der Waals surface area contributed by atoms with Gasteiger partial charge < -0.3 is 5.32 Å². The summed E-state index contributed by atoms with van der Waals surface area (Å²) in [5.74, 6) is -0.174. The van der Waals surface area contributed by atoms with E-state index in [9.17, 15) is 17.6 Å². The maximum Gasteiger partial charge on any atom is 0.243 e. The van der Waals surface area contributed by atoms with E-state index in [0.717, 1.165) is 30.5 Å². The Bertz CT molecular complexity index is 951. The molecule has 0 bridgehead atoms. The van der Waals surface area contributed by atoms with Crippen LogP contribution in [0.1, 0.15) is 37.3 Å². The first-order valence-corrected chi connectivity index (χ1v) is 11.5. The van der Waals surface area contributed by atoms with Gasteiger partial charge in [0, 0.05) is 19.0 Å². The van der Waals surface area contributed by atoms with Crippen molar-refractivity contribution in [1.82, 2.24) is 9.62 Å². The lowest BCUT2D eigenvalue weighted by Gasteiger charge is -2.31. The first kappa shape index (κ1) is 20.0. The molecule has 7 heteroatoms. The molecule has 5 nitrogen and oxygen atoms in total. The molecular weight excluding hydrogens is 391 g/mol. The van der Waals surface area contributed by atoms with Crippen LogP contribution < -0.4 is 5.32 Å². The topological polar surface area (TPSA) is 66.5 Å². The molecule has 0 radical (unpaired) electrons. The number of carbonyl (C=O) groups excluding carboxylic acids is 1. The van der Waals surface area contributed by atoms with E-state index < -0.39 is 15.8 Å². The molecule has 154 valence electrons. The van der Waals surface area contributed by atoms with E-state index in [0.29, 0.717) is 18.8 Å². The predicted molar refractivity (Wildman–Crippen MR) is 108 cm³/mol. The van der Waals surface area contributed by atoms with Gasteiger partial charge in [0.2, 0.25) is 15.9 Å². The molecule has 2 aliphatic rings. The lowest BCUT2D eigenvalue weighted by Crippen LogP contribution is -2.43. The van der Waals surface area contributed by atoms with Crippen LogP contribution in [-0.4, -0.2) is 31.7 Å². The number of rotatable bonds is 6. The van der Waals surface area contributed by atoms with Gasteiger partial charge in [0.15, 0.2) is 0 Å². The highest BCUT2D eigenvalue weighted by Gasteiger charge is 2.36. The van der Waals surface area contributed by atoms with Crippen molar-refractivity contribution in [2.45, 2.75) is 36.6 Å². The zero-order valence-electron chi connectivity index (χ0n) is 16.1. The number of amides is 1. The largest absolute Gasteiger partial charge is 0.349 e. The Kier molecular flexibility index (Phi) is 5.69. The van der Waals surface area contributed by atoms with Crippen LogP contribution in [0.15, 0.2) is 59.5 Å². The van der Waals surface area contributed by atoms with Gasteiger partial charge in [-0.2, -0.15) is 4.31 Å². The highest BCUT2D eigenvalue weighted by molar-refractivity contribution is 7.89. The minimum absolute atomic E-state index is 0.00424. The van der Waals surface area contributed by atoms with Crippen LogP contribution in [0.4, 0.5) is 4.39 Å². The molecule has 1 atom stereocenters. The Morgan fingerprint density at radius 3 is 2.17 bits per heavy atom. The summed E-state index contributed by atoms with van der Waals surface area (Å²) in [6, 6.07) is 14.9. The molecule has 1 amide bonds. The van der Waals surface area contributed by atoms with Crippen molar-refractivity contribution in [2.24, 2.45) is 11.8 Å². The Hall–Kier alpha value is -2.25. The summed E-state index contributed by atoms with van der Waals surface area (Å²) < 4.78 is 40.0. The molecule has 1 N–H and O–H groups in total. The fourth-order valence-corrected chi connectivity index (χ4v) is 5.42. The van der Waals surface area contributed by atoms with Gasteiger partial charge in [-0.05, 0) is 61.4 Å². The molecule has 2 aromatic carbocycles. The Morgan fingerprint density at radius 2 is 1.59 bits per heavy atom. The second-order valence-corrected chi connectivity index (χ2v) is 9.80. The number of halogens is 1. The number of nitrogens with zero attached hydrogens (tertiary/aromatic N) is 1. The van der Waals surface area contributed by atoms with Gasteiger partial charge in [-0.25, -0.2) is 12.8 Å².